The van der Waals surface area contributed by atoms with Crippen molar-refractivity contribution in [2.75, 3.05) is 6.54 Å². The van der Waals surface area contributed by atoms with E-state index in [-0.39, 0.29) is 33.0 Å². The van der Waals surface area contributed by atoms with Crippen molar-refractivity contribution in [3.63, 3.8) is 0 Å². The predicted octanol–water partition coefficient (Wildman–Crippen LogP) is 4.87. The Kier molecular flexibility index (Phi) is 6.06. The van der Waals surface area contributed by atoms with E-state index in [1.165, 1.54) is 17.7 Å². The number of benzene rings is 2. The fourth-order valence-electron chi connectivity index (χ4n) is 3.65. The maximum atomic E-state index is 13.0. The molecular weight excluding hydrogens is 455 g/mol. The molecule has 2 heterocycles. The van der Waals surface area contributed by atoms with Crippen LogP contribution in [-0.4, -0.2) is 30.8 Å². The maximum Gasteiger partial charge on any atom is 0.272 e. The molecule has 0 fully saturated rings. The molecule has 8 heteroatoms. The van der Waals surface area contributed by atoms with Gasteiger partial charge in [-0.15, -0.1) is 0 Å². The van der Waals surface area contributed by atoms with Crippen molar-refractivity contribution in [1.82, 2.24) is 9.88 Å². The average molecular weight is 475 g/mol. The van der Waals surface area contributed by atoms with Crippen molar-refractivity contribution in [3.05, 3.63) is 92.7 Å². The second-order valence-electron chi connectivity index (χ2n) is 7.55. The Hall–Kier alpha value is -2.41. The van der Waals surface area contributed by atoms with Gasteiger partial charge in [0.15, 0.2) is 9.84 Å². The quantitative estimate of drug-likeness (QED) is 0.540. The third-order valence-corrected chi connectivity index (χ3v) is 7.85. The molecular formula is C23H20Cl2N2O3S. The summed E-state index contributed by atoms with van der Waals surface area (Å²) in [6, 6.07) is 15.8. The van der Waals surface area contributed by atoms with E-state index in [0.717, 1.165) is 12.0 Å². The third kappa shape index (κ3) is 4.61. The van der Waals surface area contributed by atoms with Crippen molar-refractivity contribution < 1.29 is 13.2 Å². The first-order chi connectivity index (χ1) is 14.7. The Morgan fingerprint density at radius 2 is 1.77 bits per heavy atom. The van der Waals surface area contributed by atoms with E-state index in [9.17, 15) is 13.2 Å². The van der Waals surface area contributed by atoms with E-state index in [0.29, 0.717) is 23.7 Å². The summed E-state index contributed by atoms with van der Waals surface area (Å²) in [5.41, 5.74) is 3.55. The van der Waals surface area contributed by atoms with Crippen LogP contribution in [-0.2, 0) is 28.6 Å². The van der Waals surface area contributed by atoms with Crippen molar-refractivity contribution in [1.29, 1.82) is 0 Å². The fraction of sp³-hybridized carbons (Fsp3) is 0.217. The Balaban J connectivity index is 1.56. The van der Waals surface area contributed by atoms with Gasteiger partial charge in [0.25, 0.3) is 5.91 Å². The Labute approximate surface area is 191 Å². The molecule has 0 spiro atoms. The fourth-order valence-corrected chi connectivity index (χ4v) is 5.81. The highest BCUT2D eigenvalue weighted by molar-refractivity contribution is 7.90. The Morgan fingerprint density at radius 3 is 2.55 bits per heavy atom. The standard InChI is InChI=1S/C23H20Cl2N2O3S/c1-15-11-20(25)22(12-19(15)24)31(29,30)14-18-7-4-8-21(26-18)23(28)27-10-9-16-5-2-3-6-17(16)13-27/h2-8,11-12H,9-10,13-14H2,1H3. The molecule has 1 aliphatic rings. The average Bonchev–Trinajstić information content (AvgIpc) is 2.75. The summed E-state index contributed by atoms with van der Waals surface area (Å²) in [5, 5.41) is 0.436. The lowest BCUT2D eigenvalue weighted by Gasteiger charge is -2.28. The number of fused-ring (bicyclic) bond motifs is 1. The Bertz CT molecular complexity index is 1280. The van der Waals surface area contributed by atoms with Crippen LogP contribution in [0.15, 0.2) is 59.5 Å². The molecule has 31 heavy (non-hydrogen) atoms. The van der Waals surface area contributed by atoms with Gasteiger partial charge < -0.3 is 4.90 Å². The number of carbonyl (C=O) groups is 1. The van der Waals surface area contributed by atoms with Gasteiger partial charge in [-0.05, 0) is 54.3 Å². The molecule has 0 saturated carbocycles. The lowest BCUT2D eigenvalue weighted by Crippen LogP contribution is -2.36. The highest BCUT2D eigenvalue weighted by atomic mass is 35.5. The van der Waals surface area contributed by atoms with Crippen LogP contribution in [0.25, 0.3) is 0 Å². The number of pyridine rings is 1. The smallest absolute Gasteiger partial charge is 0.272 e. The number of aromatic nitrogens is 1. The lowest BCUT2D eigenvalue weighted by atomic mass is 10.00. The minimum absolute atomic E-state index is 0.0454. The molecule has 3 aromatic rings. The van der Waals surface area contributed by atoms with Crippen LogP contribution < -0.4 is 0 Å². The number of hydrogen-bond acceptors (Lipinski definition) is 4. The van der Waals surface area contributed by atoms with Crippen LogP contribution in [0.3, 0.4) is 0 Å². The Morgan fingerprint density at radius 1 is 1.03 bits per heavy atom. The first-order valence-electron chi connectivity index (χ1n) is 9.75. The van der Waals surface area contributed by atoms with Gasteiger partial charge in [0.2, 0.25) is 0 Å². The first kappa shape index (κ1) is 21.8. The molecule has 0 saturated heterocycles. The maximum absolute atomic E-state index is 13.0. The molecule has 1 aliphatic heterocycles. The number of carbonyl (C=O) groups excluding carboxylic acids is 1. The highest BCUT2D eigenvalue weighted by Gasteiger charge is 2.24. The highest BCUT2D eigenvalue weighted by Crippen LogP contribution is 2.30. The van der Waals surface area contributed by atoms with Crippen LogP contribution in [0, 0.1) is 6.92 Å². The number of aryl methyl sites for hydroxylation is 1. The van der Waals surface area contributed by atoms with Crippen LogP contribution in [0.1, 0.15) is 32.9 Å². The molecule has 0 unspecified atom stereocenters. The third-order valence-electron chi connectivity index (χ3n) is 5.33. The second-order valence-corrected chi connectivity index (χ2v) is 10.3. The van der Waals surface area contributed by atoms with Gasteiger partial charge in [-0.3, -0.25) is 4.79 Å². The molecule has 0 N–H and O–H groups in total. The summed E-state index contributed by atoms with van der Waals surface area (Å²) in [6.45, 7) is 2.86. The van der Waals surface area contributed by atoms with Crippen LogP contribution >= 0.6 is 23.2 Å². The molecule has 5 nitrogen and oxygen atoms in total. The molecule has 160 valence electrons. The zero-order valence-electron chi connectivity index (χ0n) is 16.8. The molecule has 1 aromatic heterocycles. The number of halogens is 2. The predicted molar refractivity (Wildman–Crippen MR) is 121 cm³/mol. The normalized spacial score (nSPS) is 13.7. The van der Waals surface area contributed by atoms with E-state index in [1.54, 1.807) is 30.0 Å². The van der Waals surface area contributed by atoms with Crippen LogP contribution in [0.4, 0.5) is 0 Å². The summed E-state index contributed by atoms with van der Waals surface area (Å²) in [4.78, 5) is 19.0. The number of sulfone groups is 1. The van der Waals surface area contributed by atoms with E-state index >= 15 is 0 Å². The van der Waals surface area contributed by atoms with Crippen molar-refractivity contribution >= 4 is 38.9 Å². The van der Waals surface area contributed by atoms with Crippen LogP contribution in [0.2, 0.25) is 10.0 Å². The monoisotopic (exact) mass is 474 g/mol. The second kappa shape index (κ2) is 8.61. The number of amides is 1. The summed E-state index contributed by atoms with van der Waals surface area (Å²) in [7, 11) is -3.79. The molecule has 0 atom stereocenters. The molecule has 0 radical (unpaired) electrons. The first-order valence-corrected chi connectivity index (χ1v) is 12.2. The van der Waals surface area contributed by atoms with Crippen molar-refractivity contribution in [2.24, 2.45) is 0 Å². The molecule has 1 amide bonds. The van der Waals surface area contributed by atoms with Crippen molar-refractivity contribution in [3.8, 4) is 0 Å². The zero-order valence-corrected chi connectivity index (χ0v) is 19.1. The van der Waals surface area contributed by atoms with E-state index in [1.807, 2.05) is 18.2 Å². The van der Waals surface area contributed by atoms with Gasteiger partial charge in [-0.2, -0.15) is 0 Å². The summed E-state index contributed by atoms with van der Waals surface area (Å²) in [6.07, 6.45) is 0.780. The minimum atomic E-state index is -3.79. The van der Waals surface area contributed by atoms with Gasteiger partial charge in [-0.1, -0.05) is 53.5 Å². The lowest BCUT2D eigenvalue weighted by molar-refractivity contribution is 0.0728. The topological polar surface area (TPSA) is 67.3 Å². The number of hydrogen-bond donors (Lipinski definition) is 0. The number of nitrogens with zero attached hydrogens (tertiary/aromatic N) is 2. The van der Waals surface area contributed by atoms with Gasteiger partial charge >= 0.3 is 0 Å². The van der Waals surface area contributed by atoms with E-state index in [4.69, 9.17) is 23.2 Å². The number of rotatable bonds is 4. The van der Waals surface area contributed by atoms with Crippen molar-refractivity contribution in [2.45, 2.75) is 30.5 Å². The van der Waals surface area contributed by atoms with E-state index < -0.39 is 9.84 Å². The summed E-state index contributed by atoms with van der Waals surface area (Å²) >= 11 is 12.3. The van der Waals surface area contributed by atoms with Gasteiger partial charge in [0.1, 0.15) is 5.69 Å². The largest absolute Gasteiger partial charge is 0.333 e. The molecule has 2 aromatic carbocycles. The van der Waals surface area contributed by atoms with Gasteiger partial charge in [-0.25, -0.2) is 13.4 Å². The van der Waals surface area contributed by atoms with E-state index in [2.05, 4.69) is 11.1 Å². The molecule has 0 bridgehead atoms. The summed E-state index contributed by atoms with van der Waals surface area (Å²) < 4.78 is 25.9. The zero-order chi connectivity index (χ0) is 22.2. The van der Waals surface area contributed by atoms with Crippen LogP contribution in [0.5, 0.6) is 0 Å². The minimum Gasteiger partial charge on any atom is -0.333 e. The van der Waals surface area contributed by atoms with Gasteiger partial charge in [0, 0.05) is 18.1 Å². The molecule has 4 rings (SSSR count). The van der Waals surface area contributed by atoms with Gasteiger partial charge in [0.05, 0.1) is 21.4 Å². The SMILES string of the molecule is Cc1cc(Cl)c(S(=O)(=O)Cc2cccc(C(=O)N3CCc4ccccc4C3)n2)cc1Cl. The summed E-state index contributed by atoms with van der Waals surface area (Å²) in [5.74, 6) is -0.596. The molecule has 0 aliphatic carbocycles.